The van der Waals surface area contributed by atoms with E-state index in [0.29, 0.717) is 25.7 Å². The van der Waals surface area contributed by atoms with Crippen LogP contribution in [0.2, 0.25) is 10.0 Å². The average molecular weight is 453 g/mol. The van der Waals surface area contributed by atoms with E-state index >= 15 is 0 Å². The van der Waals surface area contributed by atoms with Crippen molar-refractivity contribution in [1.82, 2.24) is 0 Å². The van der Waals surface area contributed by atoms with Gasteiger partial charge in [-0.25, -0.2) is 4.99 Å². The number of rotatable bonds is 3. The highest BCUT2D eigenvalue weighted by molar-refractivity contribution is 8.19. The van der Waals surface area contributed by atoms with Gasteiger partial charge in [0.15, 0.2) is 5.17 Å². The molecule has 0 radical (unpaired) electrons. The van der Waals surface area contributed by atoms with Crippen molar-refractivity contribution in [2.75, 3.05) is 4.90 Å². The molecule has 30 heavy (non-hydrogen) atoms. The molecule has 4 rings (SSSR count). The number of anilines is 1. The summed E-state index contributed by atoms with van der Waals surface area (Å²) >= 11 is 13.9. The molecule has 1 aliphatic heterocycles. The Hall–Kier alpha value is -2.53. The number of hydrogen-bond acceptors (Lipinski definition) is 3. The van der Waals surface area contributed by atoms with Gasteiger partial charge in [-0.2, -0.15) is 0 Å². The van der Waals surface area contributed by atoms with E-state index in [2.05, 4.69) is 0 Å². The number of carbonyl (C=O) groups is 1. The first-order valence-electron chi connectivity index (χ1n) is 9.32. The van der Waals surface area contributed by atoms with Gasteiger partial charge in [0.05, 0.1) is 16.3 Å². The van der Waals surface area contributed by atoms with Crippen molar-refractivity contribution >= 4 is 63.5 Å². The smallest absolute Gasteiger partial charge is 0.268 e. The molecule has 0 saturated carbocycles. The molecule has 0 N–H and O–H groups in total. The summed E-state index contributed by atoms with van der Waals surface area (Å²) in [5.74, 6) is -0.161. The van der Waals surface area contributed by atoms with Gasteiger partial charge in [-0.15, -0.1) is 0 Å². The fourth-order valence-electron chi connectivity index (χ4n) is 2.98. The van der Waals surface area contributed by atoms with Crippen LogP contribution in [0.3, 0.4) is 0 Å². The predicted molar refractivity (Wildman–Crippen MR) is 129 cm³/mol. The second-order valence-electron chi connectivity index (χ2n) is 6.95. The fourth-order valence-corrected chi connectivity index (χ4v) is 4.47. The second kappa shape index (κ2) is 8.68. The zero-order valence-electron chi connectivity index (χ0n) is 16.4. The Balaban J connectivity index is 1.80. The normalized spacial score (nSPS) is 16.7. The van der Waals surface area contributed by atoms with E-state index in [-0.39, 0.29) is 5.91 Å². The molecule has 1 amide bonds. The molecule has 1 saturated heterocycles. The van der Waals surface area contributed by atoms with Crippen molar-refractivity contribution in [3.63, 3.8) is 0 Å². The Morgan fingerprint density at radius 2 is 1.43 bits per heavy atom. The lowest BCUT2D eigenvalue weighted by Crippen LogP contribution is -2.28. The van der Waals surface area contributed by atoms with Crippen LogP contribution >= 0.6 is 35.0 Å². The number of aliphatic imine (C=N–C) groups is 1. The minimum absolute atomic E-state index is 0.161. The van der Waals surface area contributed by atoms with Crippen LogP contribution in [0.5, 0.6) is 0 Å². The van der Waals surface area contributed by atoms with Crippen LogP contribution < -0.4 is 4.90 Å². The Bertz CT molecular complexity index is 1150. The summed E-state index contributed by atoms with van der Waals surface area (Å²) in [5, 5.41) is 1.57. The summed E-state index contributed by atoms with van der Waals surface area (Å²) in [6.45, 7) is 4.04. The van der Waals surface area contributed by atoms with Crippen LogP contribution in [0, 0.1) is 13.8 Å². The largest absolute Gasteiger partial charge is 0.271 e. The fraction of sp³-hybridized carbons (Fsp3) is 0.0833. The SMILES string of the molecule is Cc1ccc(N=C2S/C(=C\c3c(Cl)cccc3Cl)C(=O)N2c2ccc(C)cc2)cc1. The first-order chi connectivity index (χ1) is 14.4. The van der Waals surface area contributed by atoms with Crippen molar-refractivity contribution < 1.29 is 4.79 Å². The summed E-state index contributed by atoms with van der Waals surface area (Å²) in [5.41, 5.74) is 4.44. The van der Waals surface area contributed by atoms with Crippen molar-refractivity contribution in [2.45, 2.75) is 13.8 Å². The molecule has 0 atom stereocenters. The number of thioether (sulfide) groups is 1. The van der Waals surface area contributed by atoms with Gasteiger partial charge in [0.1, 0.15) is 0 Å². The van der Waals surface area contributed by atoms with E-state index in [1.807, 2.05) is 62.4 Å². The molecular weight excluding hydrogens is 435 g/mol. The molecule has 0 bridgehead atoms. The van der Waals surface area contributed by atoms with Gasteiger partial charge in [-0.1, -0.05) is 64.7 Å². The third-order valence-electron chi connectivity index (χ3n) is 4.63. The number of halogens is 2. The highest BCUT2D eigenvalue weighted by Gasteiger charge is 2.35. The van der Waals surface area contributed by atoms with E-state index in [0.717, 1.165) is 22.5 Å². The Kier molecular flexibility index (Phi) is 6.00. The van der Waals surface area contributed by atoms with Crippen molar-refractivity contribution in [1.29, 1.82) is 0 Å². The maximum atomic E-state index is 13.3. The Morgan fingerprint density at radius 3 is 2.03 bits per heavy atom. The van der Waals surface area contributed by atoms with E-state index in [4.69, 9.17) is 28.2 Å². The van der Waals surface area contributed by atoms with Crippen LogP contribution in [0.4, 0.5) is 11.4 Å². The lowest BCUT2D eigenvalue weighted by molar-refractivity contribution is -0.113. The molecule has 3 aromatic rings. The van der Waals surface area contributed by atoms with Gasteiger partial charge < -0.3 is 0 Å². The summed E-state index contributed by atoms with van der Waals surface area (Å²) in [7, 11) is 0. The molecule has 0 aromatic heterocycles. The van der Waals surface area contributed by atoms with Crippen molar-refractivity contribution in [2.24, 2.45) is 4.99 Å². The van der Waals surface area contributed by atoms with Gasteiger partial charge in [0.25, 0.3) is 5.91 Å². The van der Waals surface area contributed by atoms with Crippen LogP contribution in [0.1, 0.15) is 16.7 Å². The molecule has 1 fully saturated rings. The Morgan fingerprint density at radius 1 is 0.867 bits per heavy atom. The molecular formula is C24H18Cl2N2OS. The summed E-state index contributed by atoms with van der Waals surface area (Å²) in [6, 6.07) is 20.9. The molecule has 3 nitrogen and oxygen atoms in total. The van der Waals surface area contributed by atoms with Crippen molar-refractivity contribution in [3.05, 3.63) is 98.4 Å². The Labute approximate surface area is 190 Å². The molecule has 3 aromatic carbocycles. The van der Waals surface area contributed by atoms with Crippen LogP contribution in [-0.2, 0) is 4.79 Å². The standard InChI is InChI=1S/C24H18Cl2N2OS/c1-15-6-10-17(11-7-15)27-24-28(18-12-8-16(2)9-13-18)23(29)22(30-24)14-19-20(25)4-3-5-21(19)26/h3-14H,1-2H3/b22-14-,27-24?. The minimum atomic E-state index is -0.161. The molecule has 0 spiro atoms. The number of benzene rings is 3. The monoisotopic (exact) mass is 452 g/mol. The third kappa shape index (κ3) is 4.31. The van der Waals surface area contributed by atoms with Gasteiger partial charge >= 0.3 is 0 Å². The third-order valence-corrected chi connectivity index (χ3v) is 6.26. The minimum Gasteiger partial charge on any atom is -0.268 e. The van der Waals surface area contributed by atoms with Crippen LogP contribution in [0.15, 0.2) is 76.6 Å². The number of aryl methyl sites for hydroxylation is 2. The van der Waals surface area contributed by atoms with E-state index in [1.165, 1.54) is 11.8 Å². The molecule has 1 aliphatic rings. The number of hydrogen-bond donors (Lipinski definition) is 0. The van der Waals surface area contributed by atoms with Gasteiger partial charge in [0, 0.05) is 15.6 Å². The molecule has 6 heteroatoms. The highest BCUT2D eigenvalue weighted by Crippen LogP contribution is 2.39. The van der Waals surface area contributed by atoms with Crippen LogP contribution in [0.25, 0.3) is 6.08 Å². The van der Waals surface area contributed by atoms with Crippen molar-refractivity contribution in [3.8, 4) is 0 Å². The maximum Gasteiger partial charge on any atom is 0.271 e. The predicted octanol–water partition coefficient (Wildman–Crippen LogP) is 7.42. The number of amidine groups is 1. The molecule has 0 unspecified atom stereocenters. The lowest BCUT2D eigenvalue weighted by atomic mass is 10.2. The molecule has 0 aliphatic carbocycles. The molecule has 1 heterocycles. The number of amides is 1. The van der Waals surface area contributed by atoms with Gasteiger partial charge in [-0.05, 0) is 68.1 Å². The maximum absolute atomic E-state index is 13.3. The summed E-state index contributed by atoms with van der Waals surface area (Å²) in [6.07, 6.45) is 1.73. The molecule has 150 valence electrons. The van der Waals surface area contributed by atoms with Gasteiger partial charge in [0.2, 0.25) is 0 Å². The number of carbonyl (C=O) groups excluding carboxylic acids is 1. The van der Waals surface area contributed by atoms with E-state index in [1.54, 1.807) is 29.2 Å². The van der Waals surface area contributed by atoms with E-state index in [9.17, 15) is 4.79 Å². The number of nitrogens with zero attached hydrogens (tertiary/aromatic N) is 2. The summed E-state index contributed by atoms with van der Waals surface area (Å²) < 4.78 is 0. The average Bonchev–Trinajstić information content (AvgIpc) is 3.02. The first-order valence-corrected chi connectivity index (χ1v) is 10.9. The first kappa shape index (κ1) is 20.7. The van der Waals surface area contributed by atoms with Gasteiger partial charge in [-0.3, -0.25) is 9.69 Å². The highest BCUT2D eigenvalue weighted by atomic mass is 35.5. The lowest BCUT2D eigenvalue weighted by Gasteiger charge is -2.16. The zero-order chi connectivity index (χ0) is 21.3. The summed E-state index contributed by atoms with van der Waals surface area (Å²) in [4.78, 5) is 20.2. The topological polar surface area (TPSA) is 32.7 Å². The zero-order valence-corrected chi connectivity index (χ0v) is 18.7. The quantitative estimate of drug-likeness (QED) is 0.387. The van der Waals surface area contributed by atoms with Crippen LogP contribution in [-0.4, -0.2) is 11.1 Å². The van der Waals surface area contributed by atoms with E-state index < -0.39 is 0 Å². The second-order valence-corrected chi connectivity index (χ2v) is 8.78.